The second-order valence-corrected chi connectivity index (χ2v) is 6.70. The molecular weight excluding hydrogens is 313 g/mol. The van der Waals surface area contributed by atoms with Crippen molar-refractivity contribution < 1.29 is 19.0 Å². The van der Waals surface area contributed by atoms with E-state index in [-0.39, 0.29) is 18.1 Å². The van der Waals surface area contributed by atoms with Crippen LogP contribution >= 0.6 is 0 Å². The zero-order valence-electron chi connectivity index (χ0n) is 14.5. The fourth-order valence-electron chi connectivity index (χ4n) is 3.33. The summed E-state index contributed by atoms with van der Waals surface area (Å²) in [5.74, 6) is -0.0365. The van der Waals surface area contributed by atoms with Gasteiger partial charge in [-0.3, -0.25) is 0 Å². The summed E-state index contributed by atoms with van der Waals surface area (Å²) in [7, 11) is 5.37. The van der Waals surface area contributed by atoms with E-state index in [1.165, 1.54) is 25.3 Å². The topological polar surface area (TPSA) is 65.0 Å². The Morgan fingerprint density at radius 2 is 2.25 bits per heavy atom. The van der Waals surface area contributed by atoms with E-state index < -0.39 is 5.82 Å². The van der Waals surface area contributed by atoms with E-state index in [1.807, 2.05) is 19.0 Å². The summed E-state index contributed by atoms with van der Waals surface area (Å²) in [6.07, 6.45) is 1.69. The molecule has 1 atom stereocenters. The first kappa shape index (κ1) is 18.5. The number of urea groups is 1. The number of ether oxygens (including phenoxy) is 1. The first-order chi connectivity index (χ1) is 11.4. The largest absolute Gasteiger partial charge is 0.495 e. The van der Waals surface area contributed by atoms with Crippen LogP contribution in [0, 0.1) is 11.2 Å². The molecule has 1 fully saturated rings. The molecule has 0 spiro atoms. The molecule has 0 aromatic heterocycles. The number of anilines is 1. The van der Waals surface area contributed by atoms with Crippen molar-refractivity contribution >= 4 is 11.7 Å². The zero-order valence-corrected chi connectivity index (χ0v) is 14.5. The van der Waals surface area contributed by atoms with Crippen molar-refractivity contribution in [3.63, 3.8) is 0 Å². The molecular formula is C17H26FN3O3. The summed E-state index contributed by atoms with van der Waals surface area (Å²) < 4.78 is 18.6. The van der Waals surface area contributed by atoms with Gasteiger partial charge < -0.3 is 25.0 Å². The number of benzene rings is 1. The Bertz CT molecular complexity index is 582. The third-order valence-electron chi connectivity index (χ3n) is 4.34. The van der Waals surface area contributed by atoms with Gasteiger partial charge in [-0.05, 0) is 39.1 Å². The van der Waals surface area contributed by atoms with Gasteiger partial charge in [-0.25, -0.2) is 9.18 Å². The SMILES string of the molecule is COc1ccc(F)cc1NC(=O)N1CCCC(CO)(CN(C)C)C1. The Kier molecular flexibility index (Phi) is 6.01. The number of carbonyl (C=O) groups excluding carboxylic acids is 1. The van der Waals surface area contributed by atoms with Crippen molar-refractivity contribution in [2.24, 2.45) is 5.41 Å². The Labute approximate surface area is 142 Å². The highest BCUT2D eigenvalue weighted by Crippen LogP contribution is 2.31. The van der Waals surface area contributed by atoms with E-state index in [9.17, 15) is 14.3 Å². The number of halogens is 1. The number of hydrogen-bond donors (Lipinski definition) is 2. The average molecular weight is 339 g/mol. The van der Waals surface area contributed by atoms with Crippen molar-refractivity contribution in [2.45, 2.75) is 12.8 Å². The summed E-state index contributed by atoms with van der Waals surface area (Å²) in [5.41, 5.74) is -0.0271. The molecule has 0 saturated carbocycles. The number of carbonyl (C=O) groups is 1. The maximum atomic E-state index is 13.4. The molecule has 2 amide bonds. The number of likely N-dealkylation sites (tertiary alicyclic amines) is 1. The Balaban J connectivity index is 2.11. The van der Waals surface area contributed by atoms with Crippen LogP contribution in [0.2, 0.25) is 0 Å². The Morgan fingerprint density at radius 3 is 2.88 bits per heavy atom. The van der Waals surface area contributed by atoms with Gasteiger partial charge in [0.2, 0.25) is 0 Å². The van der Waals surface area contributed by atoms with Crippen molar-refractivity contribution in [3.8, 4) is 5.75 Å². The van der Waals surface area contributed by atoms with Crippen LogP contribution in [0.5, 0.6) is 5.75 Å². The molecule has 24 heavy (non-hydrogen) atoms. The van der Waals surface area contributed by atoms with Crippen LogP contribution in [-0.4, -0.2) is 68.4 Å². The summed E-state index contributed by atoms with van der Waals surface area (Å²) in [4.78, 5) is 16.3. The van der Waals surface area contributed by atoms with Crippen LogP contribution in [0.3, 0.4) is 0 Å². The Morgan fingerprint density at radius 1 is 1.50 bits per heavy atom. The van der Waals surface area contributed by atoms with Crippen LogP contribution in [0.1, 0.15) is 12.8 Å². The Hall–Kier alpha value is -1.86. The molecule has 1 saturated heterocycles. The minimum atomic E-state index is -0.443. The van der Waals surface area contributed by atoms with Crippen LogP contribution < -0.4 is 10.1 Å². The third-order valence-corrected chi connectivity index (χ3v) is 4.34. The summed E-state index contributed by atoms with van der Waals surface area (Å²) in [6.45, 7) is 1.80. The van der Waals surface area contributed by atoms with E-state index in [2.05, 4.69) is 5.32 Å². The zero-order chi connectivity index (χ0) is 17.7. The van der Waals surface area contributed by atoms with Gasteiger partial charge in [-0.1, -0.05) is 0 Å². The van der Waals surface area contributed by atoms with E-state index in [4.69, 9.17) is 4.74 Å². The number of amides is 2. The van der Waals surface area contributed by atoms with Gasteiger partial charge in [0.15, 0.2) is 0 Å². The number of rotatable bonds is 5. The molecule has 134 valence electrons. The van der Waals surface area contributed by atoms with Crippen molar-refractivity contribution in [2.75, 3.05) is 52.8 Å². The molecule has 1 heterocycles. The molecule has 1 aromatic rings. The predicted octanol–water partition coefficient (Wildman–Crippen LogP) is 2.00. The first-order valence-corrected chi connectivity index (χ1v) is 8.04. The fraction of sp³-hybridized carbons (Fsp3) is 0.588. The molecule has 2 N–H and O–H groups in total. The lowest BCUT2D eigenvalue weighted by Crippen LogP contribution is -2.52. The molecule has 1 aliphatic heterocycles. The number of piperidine rings is 1. The van der Waals surface area contributed by atoms with Gasteiger partial charge >= 0.3 is 6.03 Å². The minimum absolute atomic E-state index is 0.0260. The molecule has 1 unspecified atom stereocenters. The fourth-order valence-corrected chi connectivity index (χ4v) is 3.33. The second-order valence-electron chi connectivity index (χ2n) is 6.70. The predicted molar refractivity (Wildman–Crippen MR) is 90.9 cm³/mol. The molecule has 2 rings (SSSR count). The number of methoxy groups -OCH3 is 1. The molecule has 0 bridgehead atoms. The molecule has 1 aromatic carbocycles. The van der Waals surface area contributed by atoms with E-state index in [1.54, 1.807) is 4.90 Å². The summed E-state index contributed by atoms with van der Waals surface area (Å²) in [5, 5.41) is 12.6. The van der Waals surface area contributed by atoms with Gasteiger partial charge in [0, 0.05) is 31.1 Å². The summed E-state index contributed by atoms with van der Waals surface area (Å²) in [6, 6.07) is 3.68. The minimum Gasteiger partial charge on any atom is -0.495 e. The highest BCUT2D eigenvalue weighted by molar-refractivity contribution is 5.91. The normalized spacial score (nSPS) is 21.0. The highest BCUT2D eigenvalue weighted by Gasteiger charge is 2.37. The third kappa shape index (κ3) is 4.36. The number of hydrogen-bond acceptors (Lipinski definition) is 4. The maximum absolute atomic E-state index is 13.4. The van der Waals surface area contributed by atoms with E-state index >= 15 is 0 Å². The number of nitrogens with one attached hydrogen (secondary N) is 1. The van der Waals surface area contributed by atoms with Gasteiger partial charge in [0.1, 0.15) is 11.6 Å². The van der Waals surface area contributed by atoms with Crippen molar-refractivity contribution in [3.05, 3.63) is 24.0 Å². The van der Waals surface area contributed by atoms with E-state index in [0.717, 1.165) is 12.8 Å². The van der Waals surface area contributed by atoms with Gasteiger partial charge in [-0.2, -0.15) is 0 Å². The van der Waals surface area contributed by atoms with Crippen LogP contribution in [0.4, 0.5) is 14.9 Å². The number of aliphatic hydroxyl groups is 1. The van der Waals surface area contributed by atoms with Crippen LogP contribution in [0.15, 0.2) is 18.2 Å². The second kappa shape index (κ2) is 7.81. The van der Waals surface area contributed by atoms with E-state index in [0.29, 0.717) is 31.1 Å². The van der Waals surface area contributed by atoms with Crippen molar-refractivity contribution in [1.82, 2.24) is 9.80 Å². The van der Waals surface area contributed by atoms with Gasteiger partial charge in [0.25, 0.3) is 0 Å². The smallest absolute Gasteiger partial charge is 0.321 e. The van der Waals surface area contributed by atoms with Gasteiger partial charge in [0.05, 0.1) is 19.4 Å². The lowest BCUT2D eigenvalue weighted by molar-refractivity contribution is 0.0294. The van der Waals surface area contributed by atoms with Gasteiger partial charge in [-0.15, -0.1) is 0 Å². The highest BCUT2D eigenvalue weighted by atomic mass is 19.1. The molecule has 1 aliphatic rings. The number of aliphatic hydroxyl groups excluding tert-OH is 1. The van der Waals surface area contributed by atoms with Crippen LogP contribution in [-0.2, 0) is 0 Å². The monoisotopic (exact) mass is 339 g/mol. The lowest BCUT2D eigenvalue weighted by atomic mass is 9.80. The maximum Gasteiger partial charge on any atom is 0.321 e. The quantitative estimate of drug-likeness (QED) is 0.861. The standard InChI is InChI=1S/C17H26FN3O3/c1-20(2)10-17(12-22)7-4-8-21(11-17)16(23)19-14-9-13(18)5-6-15(14)24-3/h5-6,9,22H,4,7-8,10-12H2,1-3H3,(H,19,23). The van der Waals surface area contributed by atoms with Crippen LogP contribution in [0.25, 0.3) is 0 Å². The lowest BCUT2D eigenvalue weighted by Gasteiger charge is -2.43. The summed E-state index contributed by atoms with van der Waals surface area (Å²) >= 11 is 0. The molecule has 0 radical (unpaired) electrons. The number of nitrogens with zero attached hydrogens (tertiary/aromatic N) is 2. The van der Waals surface area contributed by atoms with Crippen molar-refractivity contribution in [1.29, 1.82) is 0 Å². The average Bonchev–Trinajstić information content (AvgIpc) is 2.54. The molecule has 6 nitrogen and oxygen atoms in total. The first-order valence-electron chi connectivity index (χ1n) is 8.04. The molecule has 7 heteroatoms. The molecule has 0 aliphatic carbocycles.